The average molecular weight is 193 g/mol. The molecule has 0 fully saturated rings. The van der Waals surface area contributed by atoms with Gasteiger partial charge in [0.05, 0.1) is 5.52 Å². The van der Waals surface area contributed by atoms with Crippen molar-refractivity contribution >= 4 is 10.9 Å². The Hall–Kier alpha value is -1.38. The molecule has 0 aliphatic heterocycles. The molecule has 0 radical (unpaired) electrons. The number of hydrogen-bond donors (Lipinski definition) is 1. The number of fused-ring (bicyclic) bond motifs is 3. The molecule has 1 aromatic heterocycles. The Kier molecular flexibility index (Phi) is 1.46. The van der Waals surface area contributed by atoms with Crippen LogP contribution in [0.15, 0.2) is 12.1 Å². The molecule has 1 aliphatic carbocycles. The highest BCUT2D eigenvalue weighted by molar-refractivity contribution is 5.85. The quantitative estimate of drug-likeness (QED) is 0.662. The summed E-state index contributed by atoms with van der Waals surface area (Å²) in [4.78, 5) is 2.97. The van der Waals surface area contributed by atoms with E-state index in [1.807, 2.05) is 0 Å². The lowest BCUT2D eigenvalue weighted by atomic mass is 10.1. The van der Waals surface area contributed by atoms with Crippen molar-refractivity contribution in [2.45, 2.75) is 19.3 Å². The predicted octanol–water partition coefficient (Wildman–Crippen LogP) is 2.93. The van der Waals surface area contributed by atoms with Gasteiger partial charge < -0.3 is 4.98 Å². The monoisotopic (exact) mass is 193 g/mol. The van der Waals surface area contributed by atoms with E-state index in [-0.39, 0.29) is 0 Å². The molecule has 72 valence electrons. The minimum Gasteiger partial charge on any atom is -0.356 e. The molecule has 1 aliphatic rings. The van der Waals surface area contributed by atoms with E-state index in [4.69, 9.17) is 0 Å². The summed E-state index contributed by atoms with van der Waals surface area (Å²) in [6.07, 6.45) is 3.03. The second-order valence-corrected chi connectivity index (χ2v) is 3.72. The lowest BCUT2D eigenvalue weighted by molar-refractivity contribution is 0.515. The maximum atomic E-state index is 13.3. The summed E-state index contributed by atoms with van der Waals surface area (Å²) >= 11 is 0. The molecule has 3 rings (SSSR count). The Bertz CT molecular complexity index is 513. The standard InChI is InChI=1S/C11H9F2N/c12-8-5-4-7-6-2-1-3-9(6)14-11(7)10(8)13/h4-5,14H,1-3H2. The van der Waals surface area contributed by atoms with Crippen molar-refractivity contribution in [3.8, 4) is 0 Å². The number of halogens is 2. The Morgan fingerprint density at radius 1 is 1.14 bits per heavy atom. The van der Waals surface area contributed by atoms with Gasteiger partial charge in [0.1, 0.15) is 0 Å². The zero-order valence-electron chi connectivity index (χ0n) is 7.53. The first-order chi connectivity index (χ1) is 6.77. The second kappa shape index (κ2) is 2.56. The average Bonchev–Trinajstić information content (AvgIpc) is 2.71. The molecule has 2 aromatic rings. The normalized spacial score (nSPS) is 15.0. The molecule has 0 atom stereocenters. The molecule has 0 amide bonds. The van der Waals surface area contributed by atoms with Gasteiger partial charge in [-0.1, -0.05) is 0 Å². The van der Waals surface area contributed by atoms with Crippen LogP contribution in [0.4, 0.5) is 8.78 Å². The van der Waals surface area contributed by atoms with Crippen molar-refractivity contribution < 1.29 is 8.78 Å². The highest BCUT2D eigenvalue weighted by atomic mass is 19.2. The van der Waals surface area contributed by atoms with Gasteiger partial charge in [0.2, 0.25) is 0 Å². The molecule has 14 heavy (non-hydrogen) atoms. The zero-order valence-corrected chi connectivity index (χ0v) is 7.53. The second-order valence-electron chi connectivity index (χ2n) is 3.72. The zero-order chi connectivity index (χ0) is 9.71. The largest absolute Gasteiger partial charge is 0.356 e. The van der Waals surface area contributed by atoms with E-state index in [0.29, 0.717) is 5.52 Å². The number of aromatic amines is 1. The summed E-state index contributed by atoms with van der Waals surface area (Å²) in [6, 6.07) is 2.86. The fourth-order valence-electron chi connectivity index (χ4n) is 2.25. The van der Waals surface area contributed by atoms with Crippen LogP contribution in [-0.2, 0) is 12.8 Å². The first-order valence-corrected chi connectivity index (χ1v) is 4.75. The van der Waals surface area contributed by atoms with Gasteiger partial charge in [-0.3, -0.25) is 0 Å². The maximum Gasteiger partial charge on any atom is 0.182 e. The summed E-state index contributed by atoms with van der Waals surface area (Å²) in [5.74, 6) is -1.53. The third kappa shape index (κ3) is 0.870. The minimum atomic E-state index is -0.780. The van der Waals surface area contributed by atoms with Crippen molar-refractivity contribution in [3.05, 3.63) is 35.0 Å². The third-order valence-corrected chi connectivity index (χ3v) is 2.91. The van der Waals surface area contributed by atoms with Crippen LogP contribution in [0, 0.1) is 11.6 Å². The number of aromatic nitrogens is 1. The van der Waals surface area contributed by atoms with Crippen LogP contribution in [0.25, 0.3) is 10.9 Å². The molecule has 3 heteroatoms. The van der Waals surface area contributed by atoms with Gasteiger partial charge in [0.25, 0.3) is 0 Å². The summed E-state index contributed by atoms with van der Waals surface area (Å²) in [5.41, 5.74) is 2.57. The van der Waals surface area contributed by atoms with E-state index in [1.165, 1.54) is 11.6 Å². The summed E-state index contributed by atoms with van der Waals surface area (Å²) < 4.78 is 26.3. The van der Waals surface area contributed by atoms with Crippen molar-refractivity contribution in [2.24, 2.45) is 0 Å². The Labute approximate surface area is 79.7 Å². The lowest BCUT2D eigenvalue weighted by Crippen LogP contribution is -1.86. The molecule has 0 saturated heterocycles. The van der Waals surface area contributed by atoms with E-state index in [2.05, 4.69) is 4.98 Å². The first kappa shape index (κ1) is 7.97. The first-order valence-electron chi connectivity index (χ1n) is 4.75. The van der Waals surface area contributed by atoms with Crippen molar-refractivity contribution in [2.75, 3.05) is 0 Å². The molecule has 0 saturated carbocycles. The number of aryl methyl sites for hydroxylation is 2. The van der Waals surface area contributed by atoms with Crippen molar-refractivity contribution in [1.82, 2.24) is 4.98 Å². The number of H-pyrrole nitrogens is 1. The Morgan fingerprint density at radius 3 is 2.86 bits per heavy atom. The highest BCUT2D eigenvalue weighted by Gasteiger charge is 2.19. The van der Waals surface area contributed by atoms with Crippen LogP contribution in [0.3, 0.4) is 0 Å². The smallest absolute Gasteiger partial charge is 0.182 e. The van der Waals surface area contributed by atoms with Gasteiger partial charge in [0, 0.05) is 11.1 Å². The van der Waals surface area contributed by atoms with Gasteiger partial charge in [-0.2, -0.15) is 0 Å². The van der Waals surface area contributed by atoms with E-state index in [1.54, 1.807) is 6.07 Å². The van der Waals surface area contributed by atoms with Crippen LogP contribution in [0.5, 0.6) is 0 Å². The van der Waals surface area contributed by atoms with E-state index < -0.39 is 11.6 Å². The van der Waals surface area contributed by atoms with Crippen molar-refractivity contribution in [1.29, 1.82) is 0 Å². The van der Waals surface area contributed by atoms with Gasteiger partial charge in [-0.05, 0) is 37.0 Å². The Morgan fingerprint density at radius 2 is 2.00 bits per heavy atom. The van der Waals surface area contributed by atoms with Gasteiger partial charge in [-0.25, -0.2) is 8.78 Å². The van der Waals surface area contributed by atoms with Crippen LogP contribution < -0.4 is 0 Å². The molecular formula is C11H9F2N. The molecular weight excluding hydrogens is 184 g/mol. The van der Waals surface area contributed by atoms with E-state index >= 15 is 0 Å². The summed E-state index contributed by atoms with van der Waals surface area (Å²) in [7, 11) is 0. The molecule has 1 N–H and O–H groups in total. The van der Waals surface area contributed by atoms with E-state index in [0.717, 1.165) is 30.3 Å². The van der Waals surface area contributed by atoms with Crippen LogP contribution in [0.1, 0.15) is 17.7 Å². The number of hydrogen-bond acceptors (Lipinski definition) is 0. The topological polar surface area (TPSA) is 15.8 Å². The van der Waals surface area contributed by atoms with Crippen LogP contribution in [0.2, 0.25) is 0 Å². The van der Waals surface area contributed by atoms with Gasteiger partial charge >= 0.3 is 0 Å². The number of benzene rings is 1. The maximum absolute atomic E-state index is 13.3. The third-order valence-electron chi connectivity index (χ3n) is 2.91. The number of nitrogens with one attached hydrogen (secondary N) is 1. The molecule has 0 spiro atoms. The molecule has 0 unspecified atom stereocenters. The SMILES string of the molecule is Fc1ccc2c3c([nH]c2c1F)CCC3. The van der Waals surface area contributed by atoms with Crippen LogP contribution in [-0.4, -0.2) is 4.98 Å². The van der Waals surface area contributed by atoms with E-state index in [9.17, 15) is 8.78 Å². The fourth-order valence-corrected chi connectivity index (χ4v) is 2.25. The number of rotatable bonds is 0. The lowest BCUT2D eigenvalue weighted by Gasteiger charge is -1.96. The van der Waals surface area contributed by atoms with Crippen LogP contribution >= 0.6 is 0 Å². The minimum absolute atomic E-state index is 0.328. The molecule has 1 aromatic carbocycles. The van der Waals surface area contributed by atoms with Gasteiger partial charge in [0.15, 0.2) is 11.6 Å². The highest BCUT2D eigenvalue weighted by Crippen LogP contribution is 2.31. The summed E-state index contributed by atoms with van der Waals surface area (Å²) in [6.45, 7) is 0. The molecule has 1 heterocycles. The Balaban J connectivity index is 2.43. The summed E-state index contributed by atoms with van der Waals surface area (Å²) in [5, 5.41) is 0.844. The molecule has 0 bridgehead atoms. The predicted molar refractivity (Wildman–Crippen MR) is 50.2 cm³/mol. The van der Waals surface area contributed by atoms with Crippen molar-refractivity contribution in [3.63, 3.8) is 0 Å². The van der Waals surface area contributed by atoms with Gasteiger partial charge in [-0.15, -0.1) is 0 Å². The fraction of sp³-hybridized carbons (Fsp3) is 0.273. The molecule has 1 nitrogen and oxygen atoms in total.